The second-order valence-electron chi connectivity index (χ2n) is 5.99. The van der Waals surface area contributed by atoms with E-state index in [-0.39, 0.29) is 30.6 Å². The monoisotopic (exact) mass is 446 g/mol. The van der Waals surface area contributed by atoms with E-state index in [4.69, 9.17) is 0 Å². The number of urea groups is 1. The van der Waals surface area contributed by atoms with Gasteiger partial charge >= 0.3 is 6.03 Å². The number of carbonyl (C=O) groups excluding carboxylic acids is 3. The molecule has 28 heavy (non-hydrogen) atoms. The van der Waals surface area contributed by atoms with Crippen LogP contribution in [-0.4, -0.2) is 40.8 Å². The summed E-state index contributed by atoms with van der Waals surface area (Å²) in [6, 6.07) is 9.87. The SMILES string of the molecule is O=C(NCCCN1C(=O)c2ccc(Br)cc2C1=O)Nc1ccc([N+](=O)[O-])cc1. The average molecular weight is 447 g/mol. The fourth-order valence-electron chi connectivity index (χ4n) is 2.75. The van der Waals surface area contributed by atoms with Crippen LogP contribution in [0.25, 0.3) is 0 Å². The standard InChI is InChI=1S/C18H15BrN4O5/c19-11-2-7-14-15(10-11)17(25)22(16(14)24)9-1-8-20-18(26)21-12-3-5-13(6-4-12)23(27)28/h2-7,10H,1,8-9H2,(H2,20,21,26). The lowest BCUT2D eigenvalue weighted by molar-refractivity contribution is -0.384. The first-order valence-electron chi connectivity index (χ1n) is 8.32. The van der Waals surface area contributed by atoms with Gasteiger partial charge in [0.15, 0.2) is 0 Å². The van der Waals surface area contributed by atoms with Crippen LogP contribution in [0.5, 0.6) is 0 Å². The first-order valence-corrected chi connectivity index (χ1v) is 9.11. The molecule has 2 aromatic carbocycles. The summed E-state index contributed by atoms with van der Waals surface area (Å²) in [5.41, 5.74) is 1.08. The quantitative estimate of drug-likeness (QED) is 0.305. The number of nitrogens with zero attached hydrogens (tertiary/aromatic N) is 2. The molecule has 1 aliphatic heterocycles. The Hall–Kier alpha value is -3.27. The highest BCUT2D eigenvalue weighted by Crippen LogP contribution is 2.26. The molecule has 10 heteroatoms. The molecule has 0 aromatic heterocycles. The molecule has 0 aliphatic carbocycles. The minimum atomic E-state index is -0.526. The van der Waals surface area contributed by atoms with E-state index in [9.17, 15) is 24.5 Å². The number of anilines is 1. The van der Waals surface area contributed by atoms with Crippen molar-refractivity contribution in [1.82, 2.24) is 10.2 Å². The third-order valence-electron chi connectivity index (χ3n) is 4.11. The van der Waals surface area contributed by atoms with Crippen molar-refractivity contribution < 1.29 is 19.3 Å². The van der Waals surface area contributed by atoms with Crippen LogP contribution >= 0.6 is 15.9 Å². The van der Waals surface area contributed by atoms with Crippen molar-refractivity contribution in [2.24, 2.45) is 0 Å². The number of halogens is 1. The van der Waals surface area contributed by atoms with Crippen molar-refractivity contribution in [3.05, 3.63) is 68.2 Å². The Bertz CT molecular complexity index is 961. The van der Waals surface area contributed by atoms with E-state index in [1.54, 1.807) is 18.2 Å². The van der Waals surface area contributed by atoms with Crippen molar-refractivity contribution in [3.8, 4) is 0 Å². The number of nitro groups is 1. The average Bonchev–Trinajstić information content (AvgIpc) is 2.89. The second kappa shape index (κ2) is 8.17. The molecule has 0 atom stereocenters. The smallest absolute Gasteiger partial charge is 0.319 e. The molecule has 0 fully saturated rings. The number of fused-ring (bicyclic) bond motifs is 1. The van der Waals surface area contributed by atoms with E-state index >= 15 is 0 Å². The van der Waals surface area contributed by atoms with Gasteiger partial charge in [-0.1, -0.05) is 15.9 Å². The molecule has 0 unspecified atom stereocenters. The minimum Gasteiger partial charge on any atom is -0.338 e. The first kappa shape index (κ1) is 19.5. The van der Waals surface area contributed by atoms with Crippen molar-refractivity contribution in [2.45, 2.75) is 6.42 Å². The first-order chi connectivity index (χ1) is 13.4. The molecule has 0 spiro atoms. The summed E-state index contributed by atoms with van der Waals surface area (Å²) in [6.45, 7) is 0.428. The number of nitrogens with one attached hydrogen (secondary N) is 2. The van der Waals surface area contributed by atoms with Gasteiger partial charge in [-0.3, -0.25) is 24.6 Å². The van der Waals surface area contributed by atoms with E-state index in [2.05, 4.69) is 26.6 Å². The Morgan fingerprint density at radius 3 is 2.43 bits per heavy atom. The number of amides is 4. The zero-order valence-corrected chi connectivity index (χ0v) is 16.1. The van der Waals surface area contributed by atoms with E-state index < -0.39 is 11.0 Å². The maximum absolute atomic E-state index is 12.3. The fourth-order valence-corrected chi connectivity index (χ4v) is 3.11. The number of carbonyl (C=O) groups is 3. The van der Waals surface area contributed by atoms with E-state index in [0.717, 1.165) is 9.37 Å². The van der Waals surface area contributed by atoms with Gasteiger partial charge in [0.1, 0.15) is 0 Å². The van der Waals surface area contributed by atoms with Gasteiger partial charge < -0.3 is 10.6 Å². The Morgan fingerprint density at radius 2 is 1.75 bits per heavy atom. The molecule has 3 rings (SSSR count). The molecule has 0 radical (unpaired) electrons. The number of non-ortho nitro benzene ring substituents is 1. The van der Waals surface area contributed by atoms with Crippen molar-refractivity contribution in [3.63, 3.8) is 0 Å². The summed E-state index contributed by atoms with van der Waals surface area (Å²) in [4.78, 5) is 47.7. The number of hydrogen-bond donors (Lipinski definition) is 2. The Labute approximate surface area is 168 Å². The molecule has 0 bridgehead atoms. The van der Waals surface area contributed by atoms with Crippen LogP contribution in [0.3, 0.4) is 0 Å². The summed E-state index contributed by atoms with van der Waals surface area (Å²) in [6.07, 6.45) is 0.389. The summed E-state index contributed by atoms with van der Waals surface area (Å²) < 4.78 is 0.721. The van der Waals surface area contributed by atoms with E-state index in [0.29, 0.717) is 23.2 Å². The number of rotatable bonds is 6. The summed E-state index contributed by atoms with van der Waals surface area (Å²) >= 11 is 3.28. The topological polar surface area (TPSA) is 122 Å². The maximum atomic E-state index is 12.3. The Balaban J connectivity index is 1.46. The van der Waals surface area contributed by atoms with Crippen molar-refractivity contribution in [1.29, 1.82) is 0 Å². The fraction of sp³-hybridized carbons (Fsp3) is 0.167. The van der Waals surface area contributed by atoms with E-state index in [1.165, 1.54) is 24.3 Å². The van der Waals surface area contributed by atoms with Gasteiger partial charge in [-0.05, 0) is 36.8 Å². The normalized spacial score (nSPS) is 12.7. The zero-order valence-electron chi connectivity index (χ0n) is 14.5. The molecule has 4 amide bonds. The highest BCUT2D eigenvalue weighted by atomic mass is 79.9. The lowest BCUT2D eigenvalue weighted by Gasteiger charge is -2.14. The van der Waals surface area contributed by atoms with Gasteiger partial charge in [0.05, 0.1) is 16.1 Å². The molecule has 0 saturated carbocycles. The minimum absolute atomic E-state index is 0.0704. The Morgan fingerprint density at radius 1 is 1.07 bits per heavy atom. The lowest BCUT2D eigenvalue weighted by atomic mass is 10.1. The molecule has 0 saturated heterocycles. The lowest BCUT2D eigenvalue weighted by Crippen LogP contribution is -2.35. The third kappa shape index (κ3) is 4.17. The number of imide groups is 1. The summed E-state index contributed by atoms with van der Waals surface area (Å²) in [7, 11) is 0. The van der Waals surface area contributed by atoms with Crippen LogP contribution in [0, 0.1) is 10.1 Å². The third-order valence-corrected chi connectivity index (χ3v) is 4.61. The highest BCUT2D eigenvalue weighted by Gasteiger charge is 2.34. The summed E-state index contributed by atoms with van der Waals surface area (Å²) in [5, 5.41) is 15.8. The van der Waals surface area contributed by atoms with Gasteiger partial charge in [0, 0.05) is 35.4 Å². The van der Waals surface area contributed by atoms with Gasteiger partial charge in [-0.2, -0.15) is 0 Å². The molecule has 9 nitrogen and oxygen atoms in total. The zero-order chi connectivity index (χ0) is 20.3. The van der Waals surface area contributed by atoms with Crippen LogP contribution in [-0.2, 0) is 0 Å². The number of nitro benzene ring substituents is 1. The molecule has 1 aliphatic rings. The molecular formula is C18H15BrN4O5. The second-order valence-corrected chi connectivity index (χ2v) is 6.91. The Kier molecular flexibility index (Phi) is 5.69. The van der Waals surface area contributed by atoms with Crippen LogP contribution in [0.2, 0.25) is 0 Å². The van der Waals surface area contributed by atoms with Crippen molar-refractivity contribution in [2.75, 3.05) is 18.4 Å². The predicted molar refractivity (Wildman–Crippen MR) is 104 cm³/mol. The molecule has 1 heterocycles. The molecular weight excluding hydrogens is 432 g/mol. The van der Waals surface area contributed by atoms with Gasteiger partial charge in [-0.15, -0.1) is 0 Å². The number of benzene rings is 2. The van der Waals surface area contributed by atoms with Crippen LogP contribution < -0.4 is 10.6 Å². The van der Waals surface area contributed by atoms with Crippen LogP contribution in [0.4, 0.5) is 16.2 Å². The molecule has 2 N–H and O–H groups in total. The highest BCUT2D eigenvalue weighted by molar-refractivity contribution is 9.10. The van der Waals surface area contributed by atoms with Crippen LogP contribution in [0.1, 0.15) is 27.1 Å². The number of hydrogen-bond acceptors (Lipinski definition) is 5. The van der Waals surface area contributed by atoms with Gasteiger partial charge in [0.25, 0.3) is 17.5 Å². The summed E-state index contributed by atoms with van der Waals surface area (Å²) in [5.74, 6) is -0.695. The van der Waals surface area contributed by atoms with Crippen molar-refractivity contribution >= 4 is 45.2 Å². The molecule has 144 valence electrons. The van der Waals surface area contributed by atoms with Crippen LogP contribution in [0.15, 0.2) is 46.9 Å². The molecule has 2 aromatic rings. The predicted octanol–water partition coefficient (Wildman–Crippen LogP) is 3.17. The van der Waals surface area contributed by atoms with E-state index in [1.807, 2.05) is 0 Å². The van der Waals surface area contributed by atoms with Gasteiger partial charge in [0.2, 0.25) is 0 Å². The maximum Gasteiger partial charge on any atom is 0.319 e. The van der Waals surface area contributed by atoms with Gasteiger partial charge in [-0.25, -0.2) is 4.79 Å². The largest absolute Gasteiger partial charge is 0.338 e.